The Balaban J connectivity index is 1.49. The second kappa shape index (κ2) is 6.46. The summed E-state index contributed by atoms with van der Waals surface area (Å²) in [7, 11) is 0. The highest BCUT2D eigenvalue weighted by Gasteiger charge is 2.28. The number of nitrogens with zero attached hydrogens (tertiary/aromatic N) is 2. The molecule has 8 heteroatoms. The first-order valence-corrected chi connectivity index (χ1v) is 8.53. The summed E-state index contributed by atoms with van der Waals surface area (Å²) in [5, 5.41) is 33.4. The maximum Gasteiger partial charge on any atom is 0.254 e. The summed E-state index contributed by atoms with van der Waals surface area (Å²) in [5.41, 5.74) is 1.26. The van der Waals surface area contributed by atoms with Crippen LogP contribution >= 0.6 is 0 Å². The summed E-state index contributed by atoms with van der Waals surface area (Å²) in [6.45, 7) is 0.920. The van der Waals surface area contributed by atoms with Crippen LogP contribution in [-0.2, 0) is 0 Å². The minimum atomic E-state index is -0.653. The normalized spacial score (nSPS) is 15.4. The van der Waals surface area contributed by atoms with E-state index in [0.29, 0.717) is 31.5 Å². The molecule has 0 atom stereocenters. The van der Waals surface area contributed by atoms with E-state index >= 15 is 0 Å². The van der Waals surface area contributed by atoms with Crippen LogP contribution in [0.5, 0.6) is 17.2 Å². The van der Waals surface area contributed by atoms with Gasteiger partial charge in [-0.2, -0.15) is 0 Å². The Bertz CT molecular complexity index is 1000. The molecule has 1 saturated heterocycles. The highest BCUT2D eigenvalue weighted by molar-refractivity contribution is 5.95. The number of fused-ring (bicyclic) bond motifs is 1. The first kappa shape index (κ1) is 17.1. The van der Waals surface area contributed by atoms with E-state index in [1.807, 2.05) is 0 Å². The van der Waals surface area contributed by atoms with E-state index < -0.39 is 17.2 Å². The Morgan fingerprint density at radius 1 is 1.11 bits per heavy atom. The van der Waals surface area contributed by atoms with Gasteiger partial charge in [0.15, 0.2) is 22.8 Å². The van der Waals surface area contributed by atoms with Gasteiger partial charge in [0.2, 0.25) is 0 Å². The number of carbonyl (C=O) groups is 1. The van der Waals surface area contributed by atoms with Crippen molar-refractivity contribution in [3.8, 4) is 17.2 Å². The van der Waals surface area contributed by atoms with Crippen LogP contribution in [0.2, 0.25) is 0 Å². The van der Waals surface area contributed by atoms with Gasteiger partial charge in [-0.05, 0) is 37.1 Å². The number of hydrogen-bond acceptors (Lipinski definition) is 6. The summed E-state index contributed by atoms with van der Waals surface area (Å²) >= 11 is 0. The summed E-state index contributed by atoms with van der Waals surface area (Å²) < 4.78 is 18.5. The van der Waals surface area contributed by atoms with Gasteiger partial charge in [0.25, 0.3) is 5.91 Å². The van der Waals surface area contributed by atoms with E-state index in [1.165, 1.54) is 12.1 Å². The molecule has 0 bridgehead atoms. The third-order valence-corrected chi connectivity index (χ3v) is 4.95. The number of aromatic nitrogens is 1. The standard InChI is InChI=1S/C19H17FN2O5/c20-12-1-2-13-16(9-12)27-21-17(13)10-3-5-22(6-4-10)19(26)11-7-14(23)18(25)15(24)8-11/h1-2,7-10,23-25H,3-6H2. The molecule has 27 heavy (non-hydrogen) atoms. The van der Waals surface area contributed by atoms with E-state index in [0.717, 1.165) is 23.2 Å². The number of hydrogen-bond donors (Lipinski definition) is 3. The largest absolute Gasteiger partial charge is 0.504 e. The summed E-state index contributed by atoms with van der Waals surface area (Å²) in [6, 6.07) is 6.57. The van der Waals surface area contributed by atoms with Crippen molar-refractivity contribution in [3.05, 3.63) is 47.4 Å². The number of carbonyl (C=O) groups excluding carboxylic acids is 1. The Kier molecular flexibility index (Phi) is 4.10. The number of amides is 1. The predicted octanol–water partition coefficient (Wildman–Crippen LogP) is 3.10. The minimum absolute atomic E-state index is 0.0855. The number of likely N-dealkylation sites (tertiary alicyclic amines) is 1. The lowest BCUT2D eigenvalue weighted by Crippen LogP contribution is -2.38. The molecule has 1 aromatic heterocycles. The molecule has 0 aliphatic carbocycles. The molecule has 2 aromatic carbocycles. The fraction of sp³-hybridized carbons (Fsp3) is 0.263. The number of phenols is 3. The molecular weight excluding hydrogens is 355 g/mol. The van der Waals surface area contributed by atoms with Crippen LogP contribution in [0.4, 0.5) is 4.39 Å². The van der Waals surface area contributed by atoms with Crippen molar-refractivity contribution in [2.75, 3.05) is 13.1 Å². The van der Waals surface area contributed by atoms with Crippen molar-refractivity contribution in [1.29, 1.82) is 0 Å². The molecule has 1 aliphatic heterocycles. The molecule has 140 valence electrons. The van der Waals surface area contributed by atoms with Crippen molar-refractivity contribution in [2.24, 2.45) is 0 Å². The zero-order chi connectivity index (χ0) is 19.1. The molecule has 0 saturated carbocycles. The molecule has 7 nitrogen and oxygen atoms in total. The van der Waals surface area contributed by atoms with Gasteiger partial charge in [-0.3, -0.25) is 4.79 Å². The zero-order valence-electron chi connectivity index (χ0n) is 14.2. The van der Waals surface area contributed by atoms with Crippen LogP contribution in [0.25, 0.3) is 11.0 Å². The number of aromatic hydroxyl groups is 3. The molecule has 2 heterocycles. The van der Waals surface area contributed by atoms with Gasteiger partial charge in [0.05, 0.1) is 5.69 Å². The Morgan fingerprint density at radius 2 is 1.78 bits per heavy atom. The predicted molar refractivity (Wildman–Crippen MR) is 93.3 cm³/mol. The van der Waals surface area contributed by atoms with Gasteiger partial charge < -0.3 is 24.7 Å². The minimum Gasteiger partial charge on any atom is -0.504 e. The highest BCUT2D eigenvalue weighted by atomic mass is 19.1. The van der Waals surface area contributed by atoms with Crippen LogP contribution in [0.3, 0.4) is 0 Å². The van der Waals surface area contributed by atoms with E-state index in [4.69, 9.17) is 4.52 Å². The molecule has 0 spiro atoms. The van der Waals surface area contributed by atoms with Crippen molar-refractivity contribution in [2.45, 2.75) is 18.8 Å². The van der Waals surface area contributed by atoms with Crippen LogP contribution in [0.15, 0.2) is 34.9 Å². The SMILES string of the molecule is O=C(c1cc(O)c(O)c(O)c1)N1CCC(c2noc3cc(F)ccc23)CC1. The van der Waals surface area contributed by atoms with Gasteiger partial charge in [-0.25, -0.2) is 4.39 Å². The lowest BCUT2D eigenvalue weighted by Gasteiger charge is -2.31. The summed E-state index contributed by atoms with van der Waals surface area (Å²) in [5.74, 6) is -2.39. The van der Waals surface area contributed by atoms with E-state index in [9.17, 15) is 24.5 Å². The summed E-state index contributed by atoms with van der Waals surface area (Å²) in [6.07, 6.45) is 1.31. The first-order valence-electron chi connectivity index (χ1n) is 8.53. The fourth-order valence-electron chi connectivity index (χ4n) is 3.49. The van der Waals surface area contributed by atoms with Crippen LogP contribution in [0.1, 0.15) is 34.8 Å². The maximum absolute atomic E-state index is 13.3. The van der Waals surface area contributed by atoms with E-state index in [2.05, 4.69) is 5.16 Å². The molecule has 0 unspecified atom stereocenters. The fourth-order valence-corrected chi connectivity index (χ4v) is 3.49. The molecule has 1 aliphatic rings. The van der Waals surface area contributed by atoms with Gasteiger partial charge in [-0.1, -0.05) is 5.16 Å². The van der Waals surface area contributed by atoms with Gasteiger partial charge in [0, 0.05) is 36.0 Å². The molecule has 4 rings (SSSR count). The number of benzene rings is 2. The number of rotatable bonds is 2. The van der Waals surface area contributed by atoms with Gasteiger partial charge in [-0.15, -0.1) is 0 Å². The smallest absolute Gasteiger partial charge is 0.254 e. The second-order valence-electron chi connectivity index (χ2n) is 6.64. The van der Waals surface area contributed by atoms with Crippen molar-refractivity contribution in [3.63, 3.8) is 0 Å². The summed E-state index contributed by atoms with van der Waals surface area (Å²) in [4.78, 5) is 14.2. The van der Waals surface area contributed by atoms with Gasteiger partial charge in [0.1, 0.15) is 5.82 Å². The zero-order valence-corrected chi connectivity index (χ0v) is 14.2. The van der Waals surface area contributed by atoms with Crippen molar-refractivity contribution in [1.82, 2.24) is 10.1 Å². The Hall–Kier alpha value is -3.29. The van der Waals surface area contributed by atoms with Crippen LogP contribution in [0, 0.1) is 5.82 Å². The first-order chi connectivity index (χ1) is 12.9. The molecule has 0 radical (unpaired) electrons. The molecule has 1 fully saturated rings. The Labute approximate surface area is 153 Å². The lowest BCUT2D eigenvalue weighted by atomic mass is 9.91. The average Bonchev–Trinajstić information content (AvgIpc) is 3.08. The van der Waals surface area contributed by atoms with Crippen LogP contribution < -0.4 is 0 Å². The third-order valence-electron chi connectivity index (χ3n) is 4.95. The van der Waals surface area contributed by atoms with E-state index in [-0.39, 0.29) is 23.2 Å². The van der Waals surface area contributed by atoms with E-state index in [1.54, 1.807) is 11.0 Å². The van der Waals surface area contributed by atoms with Crippen molar-refractivity contribution >= 4 is 16.9 Å². The molecule has 3 aromatic rings. The lowest BCUT2D eigenvalue weighted by molar-refractivity contribution is 0.0711. The monoisotopic (exact) mass is 372 g/mol. The highest BCUT2D eigenvalue weighted by Crippen LogP contribution is 2.37. The third kappa shape index (κ3) is 3.03. The second-order valence-corrected chi connectivity index (χ2v) is 6.64. The van der Waals surface area contributed by atoms with Gasteiger partial charge >= 0.3 is 0 Å². The molecule has 1 amide bonds. The van der Waals surface area contributed by atoms with Crippen LogP contribution in [-0.4, -0.2) is 44.4 Å². The number of phenolic OH excluding ortho intramolecular Hbond substituents is 3. The quantitative estimate of drug-likeness (QED) is 0.597. The molecule has 3 N–H and O–H groups in total. The number of piperidine rings is 1. The topological polar surface area (TPSA) is 107 Å². The Morgan fingerprint density at radius 3 is 2.44 bits per heavy atom. The molecular formula is C19H17FN2O5. The number of halogens is 1. The maximum atomic E-state index is 13.3. The average molecular weight is 372 g/mol. The van der Waals surface area contributed by atoms with Crippen molar-refractivity contribution < 1.29 is 29.0 Å².